The lowest BCUT2D eigenvalue weighted by molar-refractivity contribution is -0.143. The van der Waals surface area contributed by atoms with Crippen LogP contribution in [0.3, 0.4) is 0 Å². The molecule has 0 saturated carbocycles. The molecule has 6 nitrogen and oxygen atoms in total. The Balaban J connectivity index is 2.16. The summed E-state index contributed by atoms with van der Waals surface area (Å²) in [5.41, 5.74) is 2.02. The Morgan fingerprint density at radius 1 is 1.03 bits per heavy atom. The van der Waals surface area contributed by atoms with Gasteiger partial charge in [-0.15, -0.1) is 0 Å². The second-order valence-corrected chi connectivity index (χ2v) is 6.56. The van der Waals surface area contributed by atoms with E-state index in [1.165, 1.54) is 0 Å². The van der Waals surface area contributed by atoms with E-state index in [1.54, 1.807) is 55.5 Å². The third-order valence-corrected chi connectivity index (χ3v) is 4.32. The van der Waals surface area contributed by atoms with E-state index in [2.05, 4.69) is 4.99 Å². The van der Waals surface area contributed by atoms with Gasteiger partial charge in [-0.2, -0.15) is 0 Å². The molecule has 0 aromatic heterocycles. The van der Waals surface area contributed by atoms with Crippen molar-refractivity contribution in [1.82, 2.24) is 0 Å². The summed E-state index contributed by atoms with van der Waals surface area (Å²) in [7, 11) is 0. The highest BCUT2D eigenvalue weighted by molar-refractivity contribution is 6.19. The van der Waals surface area contributed by atoms with Crippen LogP contribution in [0.2, 0.25) is 0 Å². The van der Waals surface area contributed by atoms with Gasteiger partial charge >= 0.3 is 11.9 Å². The molecule has 6 heteroatoms. The van der Waals surface area contributed by atoms with Crippen LogP contribution in [0.1, 0.15) is 49.0 Å². The Hall–Kier alpha value is -3.28. The van der Waals surface area contributed by atoms with Crippen LogP contribution >= 0.6 is 0 Å². The quantitative estimate of drug-likeness (QED) is 0.361. The van der Waals surface area contributed by atoms with Crippen molar-refractivity contribution in [2.24, 2.45) is 10.9 Å². The molecular weight excluding hydrogens is 370 g/mol. The average Bonchev–Trinajstić information content (AvgIpc) is 2.72. The second-order valence-electron chi connectivity index (χ2n) is 6.56. The Labute approximate surface area is 170 Å². The lowest BCUT2D eigenvalue weighted by atomic mass is 9.93. The number of carboxylic acid groups (broad SMARTS) is 1. The van der Waals surface area contributed by atoms with E-state index in [1.807, 2.05) is 13.0 Å². The molecule has 2 rings (SSSR count). The highest BCUT2D eigenvalue weighted by Crippen LogP contribution is 2.20. The van der Waals surface area contributed by atoms with Gasteiger partial charge in [0.25, 0.3) is 0 Å². The molecule has 0 saturated heterocycles. The van der Waals surface area contributed by atoms with E-state index in [4.69, 9.17) is 4.74 Å². The average molecular weight is 395 g/mol. The maximum Gasteiger partial charge on any atom is 0.338 e. The molecule has 0 aliphatic heterocycles. The van der Waals surface area contributed by atoms with Crippen LogP contribution in [0.15, 0.2) is 59.6 Å². The fourth-order valence-electron chi connectivity index (χ4n) is 2.89. The number of nitrogens with zero attached hydrogens (tertiary/aromatic N) is 1. The van der Waals surface area contributed by atoms with Gasteiger partial charge < -0.3 is 9.84 Å². The lowest BCUT2D eigenvalue weighted by Crippen LogP contribution is -2.31. The minimum Gasteiger partial charge on any atom is -0.480 e. The lowest BCUT2D eigenvalue weighted by Gasteiger charge is -2.13. The predicted octanol–water partition coefficient (Wildman–Crippen LogP) is 4.60. The number of rotatable bonds is 10. The van der Waals surface area contributed by atoms with Crippen molar-refractivity contribution in [2.75, 3.05) is 0 Å². The summed E-state index contributed by atoms with van der Waals surface area (Å²) in [6, 6.07) is 15.7. The Kier molecular flexibility index (Phi) is 8.27. The van der Waals surface area contributed by atoms with Crippen LogP contribution in [0.4, 0.5) is 5.69 Å². The van der Waals surface area contributed by atoms with E-state index in [0.717, 1.165) is 5.56 Å². The molecule has 0 amide bonds. The number of esters is 1. The fraction of sp³-hybridized carbons (Fsp3) is 0.304. The van der Waals surface area contributed by atoms with Crippen LogP contribution < -0.4 is 0 Å². The molecule has 0 fully saturated rings. The maximum atomic E-state index is 12.2. The molecule has 0 aliphatic carbocycles. The number of carboxylic acids is 1. The van der Waals surface area contributed by atoms with E-state index in [0.29, 0.717) is 29.8 Å². The zero-order valence-corrected chi connectivity index (χ0v) is 16.6. The maximum absolute atomic E-state index is 12.2. The van der Waals surface area contributed by atoms with E-state index in [9.17, 15) is 19.5 Å². The minimum absolute atomic E-state index is 0.0651. The van der Waals surface area contributed by atoms with Crippen molar-refractivity contribution in [3.63, 3.8) is 0 Å². The van der Waals surface area contributed by atoms with E-state index >= 15 is 0 Å². The van der Waals surface area contributed by atoms with Crippen LogP contribution in [0.25, 0.3) is 0 Å². The largest absolute Gasteiger partial charge is 0.480 e. The molecule has 152 valence electrons. The summed E-state index contributed by atoms with van der Waals surface area (Å²) in [5, 5.41) is 9.50. The number of carbonyl (C=O) groups excluding carboxylic acids is 2. The fourth-order valence-corrected chi connectivity index (χ4v) is 2.89. The zero-order valence-electron chi connectivity index (χ0n) is 16.6. The van der Waals surface area contributed by atoms with Gasteiger partial charge in [-0.25, -0.2) is 4.79 Å². The summed E-state index contributed by atoms with van der Waals surface area (Å²) in [6.07, 6.45) is 1.13. The number of Topliss-reactive ketones (excluding diaryl/α,β-unsaturated/α-hetero) is 1. The zero-order chi connectivity index (χ0) is 21.2. The number of hydrogen-bond donors (Lipinski definition) is 1. The van der Waals surface area contributed by atoms with Crippen molar-refractivity contribution < 1.29 is 24.2 Å². The Bertz CT molecular complexity index is 889. The molecule has 1 unspecified atom stereocenters. The topological polar surface area (TPSA) is 93.0 Å². The Morgan fingerprint density at radius 2 is 1.76 bits per heavy atom. The van der Waals surface area contributed by atoms with Crippen LogP contribution in [0, 0.1) is 5.92 Å². The minimum atomic E-state index is -1.24. The summed E-state index contributed by atoms with van der Waals surface area (Å²) in [4.78, 5) is 40.4. The first kappa shape index (κ1) is 22.0. The molecule has 0 radical (unpaired) electrons. The molecule has 2 aromatic carbocycles. The molecular formula is C23H25NO5. The van der Waals surface area contributed by atoms with Gasteiger partial charge in [0.2, 0.25) is 0 Å². The molecule has 0 aliphatic rings. The number of ketones is 1. The van der Waals surface area contributed by atoms with Crippen molar-refractivity contribution >= 4 is 29.1 Å². The molecule has 0 spiro atoms. The predicted molar refractivity (Wildman–Crippen MR) is 110 cm³/mol. The monoisotopic (exact) mass is 395 g/mol. The number of carbonyl (C=O) groups is 3. The van der Waals surface area contributed by atoms with Crippen LogP contribution in [-0.2, 0) is 20.9 Å². The summed E-state index contributed by atoms with van der Waals surface area (Å²) in [6.45, 7) is 3.68. The van der Waals surface area contributed by atoms with Crippen molar-refractivity contribution in [3.05, 3.63) is 65.7 Å². The summed E-state index contributed by atoms with van der Waals surface area (Å²) in [5.74, 6) is -3.19. The van der Waals surface area contributed by atoms with Gasteiger partial charge in [0.15, 0.2) is 11.7 Å². The third-order valence-electron chi connectivity index (χ3n) is 4.32. The SMILES string of the molecule is CCCC(=O)C(C(=O)O)C(CC)=Nc1cccc(COC(=O)c2ccccc2)c1. The van der Waals surface area contributed by atoms with E-state index < -0.39 is 17.9 Å². The number of benzene rings is 2. The highest BCUT2D eigenvalue weighted by atomic mass is 16.5. The second kappa shape index (κ2) is 10.9. The first-order valence-corrected chi connectivity index (χ1v) is 9.60. The number of aliphatic imine (C=N–C) groups is 1. The third kappa shape index (κ3) is 6.38. The van der Waals surface area contributed by atoms with E-state index in [-0.39, 0.29) is 18.8 Å². The van der Waals surface area contributed by atoms with Gasteiger partial charge in [-0.05, 0) is 42.7 Å². The van der Waals surface area contributed by atoms with Gasteiger partial charge in [0.05, 0.1) is 11.3 Å². The number of hydrogen-bond acceptors (Lipinski definition) is 5. The molecule has 29 heavy (non-hydrogen) atoms. The highest BCUT2D eigenvalue weighted by Gasteiger charge is 2.29. The van der Waals surface area contributed by atoms with Crippen molar-refractivity contribution in [1.29, 1.82) is 0 Å². The normalized spacial score (nSPS) is 12.3. The van der Waals surface area contributed by atoms with Crippen LogP contribution in [0.5, 0.6) is 0 Å². The molecule has 2 aromatic rings. The van der Waals surface area contributed by atoms with Gasteiger partial charge in [-0.1, -0.05) is 44.2 Å². The summed E-state index contributed by atoms with van der Waals surface area (Å²) < 4.78 is 5.32. The number of aliphatic carboxylic acids is 1. The van der Waals surface area contributed by atoms with Gasteiger partial charge in [0.1, 0.15) is 6.61 Å². The standard InChI is InChI=1S/C23H25NO5/c1-3-9-20(25)21(22(26)27)19(4-2)24-18-13-8-10-16(14-18)15-29-23(28)17-11-6-5-7-12-17/h5-8,10-14,21H,3-4,9,15H2,1-2H3,(H,26,27). The van der Waals surface area contributed by atoms with Crippen molar-refractivity contribution in [2.45, 2.75) is 39.7 Å². The van der Waals surface area contributed by atoms with Crippen molar-refractivity contribution in [3.8, 4) is 0 Å². The molecule has 0 heterocycles. The van der Waals surface area contributed by atoms with Gasteiger partial charge in [0, 0.05) is 12.1 Å². The molecule has 1 N–H and O–H groups in total. The molecule has 0 bridgehead atoms. The number of ether oxygens (including phenoxy) is 1. The molecule has 1 atom stereocenters. The first-order chi connectivity index (χ1) is 14.0. The summed E-state index contributed by atoms with van der Waals surface area (Å²) >= 11 is 0. The smallest absolute Gasteiger partial charge is 0.338 e. The van der Waals surface area contributed by atoms with Crippen LogP contribution in [-0.4, -0.2) is 28.5 Å². The van der Waals surface area contributed by atoms with Gasteiger partial charge in [-0.3, -0.25) is 14.6 Å². The first-order valence-electron chi connectivity index (χ1n) is 9.60. The Morgan fingerprint density at radius 3 is 2.38 bits per heavy atom.